The fourth-order valence-corrected chi connectivity index (χ4v) is 1.13. The van der Waals surface area contributed by atoms with Crippen molar-refractivity contribution in [1.82, 2.24) is 10.9 Å². The number of thiocarbonyl (C=S) groups is 1. The van der Waals surface area contributed by atoms with Crippen molar-refractivity contribution in [2.45, 2.75) is 24.5 Å². The van der Waals surface area contributed by atoms with Gasteiger partial charge in [0.05, 0.1) is 6.61 Å². The van der Waals surface area contributed by atoms with E-state index in [1.165, 1.54) is 0 Å². The minimum absolute atomic E-state index is 0.0126. The van der Waals surface area contributed by atoms with Crippen LogP contribution in [0.4, 0.5) is 0 Å². The molecular weight excluding hydrogens is 210 g/mol. The molecule has 0 aromatic carbocycles. The maximum absolute atomic E-state index is 9.40. The average Bonchev–Trinajstić information content (AvgIpc) is 2.13. The number of aliphatic hydroxyl groups excluding tert-OH is 3. The molecule has 1 aliphatic heterocycles. The van der Waals surface area contributed by atoms with Crippen molar-refractivity contribution >= 4 is 17.3 Å². The van der Waals surface area contributed by atoms with Crippen molar-refractivity contribution in [3.8, 4) is 0 Å². The van der Waals surface area contributed by atoms with Crippen molar-refractivity contribution in [3.05, 3.63) is 0 Å². The molecule has 0 radical (unpaired) electrons. The number of nitrogens with one attached hydrogen (secondary N) is 2. The molecule has 1 aliphatic rings. The summed E-state index contributed by atoms with van der Waals surface area (Å²) in [7, 11) is 0. The summed E-state index contributed by atoms with van der Waals surface area (Å²) in [6, 6.07) is 0. The quantitative estimate of drug-likeness (QED) is 0.213. The summed E-state index contributed by atoms with van der Waals surface area (Å²) >= 11 is 4.51. The van der Waals surface area contributed by atoms with Gasteiger partial charge in [-0.05, 0) is 12.2 Å². The normalized spacial score (nSPS) is 37.9. The van der Waals surface area contributed by atoms with Crippen LogP contribution in [0.2, 0.25) is 0 Å². The Morgan fingerprint density at radius 3 is 2.57 bits per heavy atom. The summed E-state index contributed by atoms with van der Waals surface area (Å²) in [5, 5.41) is 27.8. The lowest BCUT2D eigenvalue weighted by molar-refractivity contribution is -0.196. The zero-order valence-corrected chi connectivity index (χ0v) is 8.07. The highest BCUT2D eigenvalue weighted by molar-refractivity contribution is 7.80. The van der Waals surface area contributed by atoms with E-state index in [0.717, 1.165) is 0 Å². The maximum Gasteiger partial charge on any atom is 0.178 e. The first-order chi connectivity index (χ1) is 6.52. The molecule has 1 rings (SSSR count). The highest BCUT2D eigenvalue weighted by Crippen LogP contribution is 2.12. The van der Waals surface area contributed by atoms with Gasteiger partial charge in [0.2, 0.25) is 0 Å². The lowest BCUT2D eigenvalue weighted by atomic mass is 10.1. The summed E-state index contributed by atoms with van der Waals surface area (Å²) in [6.45, 7) is -0.0745. The molecule has 4 atom stereocenters. The molecule has 0 saturated carbocycles. The number of ether oxygens (including phenoxy) is 1. The largest absolute Gasteiger partial charge is 0.388 e. The Balaban J connectivity index is 2.42. The minimum Gasteiger partial charge on any atom is -0.388 e. The topological polar surface area (TPSA) is 120 Å². The highest BCUT2D eigenvalue weighted by atomic mass is 32.1. The second-order valence-electron chi connectivity index (χ2n) is 2.94. The van der Waals surface area contributed by atoms with Crippen LogP contribution in [0, 0.1) is 0 Å². The van der Waals surface area contributed by atoms with Crippen LogP contribution in [0.15, 0.2) is 0 Å². The van der Waals surface area contributed by atoms with Crippen LogP contribution >= 0.6 is 12.2 Å². The van der Waals surface area contributed by atoms with E-state index in [1.54, 1.807) is 0 Å². The van der Waals surface area contributed by atoms with Crippen LogP contribution < -0.4 is 16.6 Å². The Morgan fingerprint density at radius 1 is 1.36 bits per heavy atom. The molecule has 0 aromatic heterocycles. The smallest absolute Gasteiger partial charge is 0.178 e. The van der Waals surface area contributed by atoms with Gasteiger partial charge in [0, 0.05) is 0 Å². The number of hydrogen-bond donors (Lipinski definition) is 6. The first kappa shape index (κ1) is 11.6. The SMILES string of the molecule is NC(=S)NNC1OC[C@H](O)C(O)C1O. The lowest BCUT2D eigenvalue weighted by Gasteiger charge is -2.35. The second kappa shape index (κ2) is 4.82. The Hall–Kier alpha value is -0.510. The van der Waals surface area contributed by atoms with E-state index in [1.807, 2.05) is 0 Å². The Bertz CT molecular complexity index is 217. The van der Waals surface area contributed by atoms with Gasteiger partial charge in [-0.1, -0.05) is 0 Å². The van der Waals surface area contributed by atoms with Crippen LogP contribution in [-0.2, 0) is 4.74 Å². The highest BCUT2D eigenvalue weighted by Gasteiger charge is 2.37. The number of hydrogen-bond acceptors (Lipinski definition) is 6. The van der Waals surface area contributed by atoms with E-state index in [9.17, 15) is 10.2 Å². The molecule has 1 heterocycles. The molecule has 82 valence electrons. The Morgan fingerprint density at radius 2 is 2.00 bits per heavy atom. The van der Waals surface area contributed by atoms with Crippen molar-refractivity contribution in [2.75, 3.05) is 6.61 Å². The fourth-order valence-electron chi connectivity index (χ4n) is 1.08. The minimum atomic E-state index is -1.26. The van der Waals surface area contributed by atoms with E-state index in [-0.39, 0.29) is 11.7 Å². The van der Waals surface area contributed by atoms with Crippen LogP contribution in [-0.4, -0.2) is 51.6 Å². The predicted octanol–water partition coefficient (Wildman–Crippen LogP) is -3.24. The molecule has 1 saturated heterocycles. The molecule has 0 bridgehead atoms. The summed E-state index contributed by atoms with van der Waals surface area (Å²) in [5.41, 5.74) is 9.95. The first-order valence-electron chi connectivity index (χ1n) is 3.99. The Kier molecular flexibility index (Phi) is 3.98. The third-order valence-corrected chi connectivity index (χ3v) is 1.94. The van der Waals surface area contributed by atoms with Gasteiger partial charge >= 0.3 is 0 Å². The van der Waals surface area contributed by atoms with E-state index in [2.05, 4.69) is 23.1 Å². The monoisotopic (exact) mass is 223 g/mol. The van der Waals surface area contributed by atoms with E-state index in [4.69, 9.17) is 15.6 Å². The molecule has 7 nitrogen and oxygen atoms in total. The third kappa shape index (κ3) is 2.74. The van der Waals surface area contributed by atoms with Gasteiger partial charge in [0.25, 0.3) is 0 Å². The third-order valence-electron chi connectivity index (χ3n) is 1.84. The van der Waals surface area contributed by atoms with Gasteiger partial charge in [-0.2, -0.15) is 0 Å². The van der Waals surface area contributed by atoms with Gasteiger partial charge in [-0.15, -0.1) is 0 Å². The molecule has 0 amide bonds. The molecule has 8 heteroatoms. The zero-order chi connectivity index (χ0) is 10.7. The van der Waals surface area contributed by atoms with E-state index < -0.39 is 24.5 Å². The van der Waals surface area contributed by atoms with Gasteiger partial charge < -0.3 is 25.8 Å². The van der Waals surface area contributed by atoms with Crippen LogP contribution in [0.1, 0.15) is 0 Å². The summed E-state index contributed by atoms with van der Waals surface area (Å²) in [6.07, 6.45) is -4.46. The number of aliphatic hydroxyl groups is 3. The predicted molar refractivity (Wildman–Crippen MR) is 50.8 cm³/mol. The van der Waals surface area contributed by atoms with Crippen LogP contribution in [0.25, 0.3) is 0 Å². The van der Waals surface area contributed by atoms with Crippen molar-refractivity contribution < 1.29 is 20.1 Å². The molecule has 0 spiro atoms. The van der Waals surface area contributed by atoms with Gasteiger partial charge in [0.1, 0.15) is 18.3 Å². The number of nitrogens with two attached hydrogens (primary N) is 1. The average molecular weight is 223 g/mol. The summed E-state index contributed by atoms with van der Waals surface area (Å²) < 4.78 is 4.97. The molecule has 0 aromatic rings. The maximum atomic E-state index is 9.40. The van der Waals surface area contributed by atoms with Crippen molar-refractivity contribution in [2.24, 2.45) is 5.73 Å². The summed E-state index contributed by atoms with van der Waals surface area (Å²) in [5.74, 6) is 0. The second-order valence-corrected chi connectivity index (χ2v) is 3.38. The first-order valence-corrected chi connectivity index (χ1v) is 4.40. The van der Waals surface area contributed by atoms with Crippen molar-refractivity contribution in [3.63, 3.8) is 0 Å². The van der Waals surface area contributed by atoms with E-state index in [0.29, 0.717) is 0 Å². The molecule has 14 heavy (non-hydrogen) atoms. The lowest BCUT2D eigenvalue weighted by Crippen LogP contribution is -2.61. The molecular formula is C6H13N3O4S. The standard InChI is InChI=1S/C6H13N3O4S/c7-6(14)9-8-5-4(12)3(11)2(10)1-13-5/h2-5,8,10-12H,1H2,(H3,7,9,14)/t2-,3?,4?,5?/m0/s1. The van der Waals surface area contributed by atoms with Gasteiger partial charge in [0.15, 0.2) is 11.3 Å². The van der Waals surface area contributed by atoms with Crippen LogP contribution in [0.3, 0.4) is 0 Å². The van der Waals surface area contributed by atoms with E-state index >= 15 is 0 Å². The molecule has 0 aliphatic carbocycles. The number of hydrazine groups is 1. The van der Waals surface area contributed by atoms with Crippen molar-refractivity contribution in [1.29, 1.82) is 0 Å². The van der Waals surface area contributed by atoms with Crippen LogP contribution in [0.5, 0.6) is 0 Å². The molecule has 3 unspecified atom stereocenters. The molecule has 7 N–H and O–H groups in total. The van der Waals surface area contributed by atoms with Gasteiger partial charge in [-0.3, -0.25) is 5.43 Å². The Labute approximate surface area is 85.8 Å². The summed E-state index contributed by atoms with van der Waals surface area (Å²) in [4.78, 5) is 0. The van der Waals surface area contributed by atoms with Gasteiger partial charge in [-0.25, -0.2) is 5.43 Å². The fraction of sp³-hybridized carbons (Fsp3) is 0.833. The number of rotatable bonds is 2. The zero-order valence-electron chi connectivity index (χ0n) is 7.25. The molecule has 1 fully saturated rings.